The summed E-state index contributed by atoms with van der Waals surface area (Å²) < 4.78 is 0. The molecular formula is C16H11NO3. The smallest absolute Gasteiger partial charge is 0.268 e. The fraction of sp³-hybridized carbons (Fsp3) is 0.0625. The van der Waals surface area contributed by atoms with E-state index in [0.29, 0.717) is 10.5 Å². The van der Waals surface area contributed by atoms with Crippen LogP contribution < -0.4 is 0 Å². The van der Waals surface area contributed by atoms with Crippen LogP contribution >= 0.6 is 0 Å². The van der Waals surface area contributed by atoms with Crippen LogP contribution in [-0.4, -0.2) is 22.6 Å². The number of amides is 3. The van der Waals surface area contributed by atoms with Gasteiger partial charge >= 0.3 is 0 Å². The van der Waals surface area contributed by atoms with Crippen molar-refractivity contribution in [2.45, 2.75) is 6.92 Å². The molecule has 3 rings (SSSR count). The first-order valence-electron chi connectivity index (χ1n) is 6.19. The highest BCUT2D eigenvalue weighted by molar-refractivity contribution is 6.31. The molecule has 0 aromatic heterocycles. The number of fused-ring (bicyclic) bond motifs is 1. The van der Waals surface area contributed by atoms with E-state index >= 15 is 0 Å². The van der Waals surface area contributed by atoms with E-state index in [1.807, 2.05) is 0 Å². The molecule has 0 bridgehead atoms. The van der Waals surface area contributed by atoms with Gasteiger partial charge in [0, 0.05) is 5.56 Å². The molecule has 0 fully saturated rings. The minimum atomic E-state index is -0.575. The van der Waals surface area contributed by atoms with Gasteiger partial charge in [0.05, 0.1) is 11.1 Å². The summed E-state index contributed by atoms with van der Waals surface area (Å²) in [5.74, 6) is -1.69. The summed E-state index contributed by atoms with van der Waals surface area (Å²) in [5, 5.41) is 0. The zero-order chi connectivity index (χ0) is 14.3. The van der Waals surface area contributed by atoms with Gasteiger partial charge in [-0.3, -0.25) is 14.4 Å². The average molecular weight is 265 g/mol. The molecule has 98 valence electrons. The molecule has 0 unspecified atom stereocenters. The van der Waals surface area contributed by atoms with E-state index in [9.17, 15) is 14.4 Å². The molecule has 4 nitrogen and oxygen atoms in total. The SMILES string of the molecule is Cc1ccccc1C(=O)N1C(=O)c2ccccc2C1=O. The minimum absolute atomic E-state index is 0.277. The maximum atomic E-state index is 12.4. The predicted molar refractivity (Wildman–Crippen MR) is 72.5 cm³/mol. The Balaban J connectivity index is 2.06. The molecule has 0 saturated carbocycles. The Morgan fingerprint density at radius 2 is 1.35 bits per heavy atom. The monoisotopic (exact) mass is 265 g/mol. The first-order valence-corrected chi connectivity index (χ1v) is 6.19. The van der Waals surface area contributed by atoms with Crippen LogP contribution in [0.2, 0.25) is 0 Å². The summed E-state index contributed by atoms with van der Waals surface area (Å²) in [7, 11) is 0. The Morgan fingerprint density at radius 3 is 1.90 bits per heavy atom. The summed E-state index contributed by atoms with van der Waals surface area (Å²) >= 11 is 0. The summed E-state index contributed by atoms with van der Waals surface area (Å²) in [6.07, 6.45) is 0. The normalized spacial score (nSPS) is 13.6. The van der Waals surface area contributed by atoms with Crippen LogP contribution in [0.3, 0.4) is 0 Å². The van der Waals surface area contributed by atoms with E-state index in [2.05, 4.69) is 0 Å². The fourth-order valence-corrected chi connectivity index (χ4v) is 2.31. The second kappa shape index (κ2) is 4.42. The lowest BCUT2D eigenvalue weighted by molar-refractivity contribution is 0.0566. The van der Waals surface area contributed by atoms with Gasteiger partial charge in [-0.15, -0.1) is 0 Å². The van der Waals surface area contributed by atoms with Crippen molar-refractivity contribution in [1.29, 1.82) is 0 Å². The predicted octanol–water partition coefficient (Wildman–Crippen LogP) is 2.43. The number of aryl methyl sites for hydroxylation is 1. The summed E-state index contributed by atoms with van der Waals surface area (Å²) in [5.41, 5.74) is 1.65. The third kappa shape index (κ3) is 1.66. The van der Waals surface area contributed by atoms with E-state index < -0.39 is 17.7 Å². The van der Waals surface area contributed by atoms with E-state index in [-0.39, 0.29) is 11.1 Å². The van der Waals surface area contributed by atoms with Crippen molar-refractivity contribution in [3.63, 3.8) is 0 Å². The van der Waals surface area contributed by atoms with Gasteiger partial charge in [0.15, 0.2) is 0 Å². The lowest BCUT2D eigenvalue weighted by atomic mass is 10.1. The number of carbonyl (C=O) groups excluding carboxylic acids is 3. The molecule has 0 atom stereocenters. The number of nitrogens with zero attached hydrogens (tertiary/aromatic N) is 1. The second-order valence-electron chi connectivity index (χ2n) is 4.61. The molecule has 2 aromatic carbocycles. The number of carbonyl (C=O) groups is 3. The van der Waals surface area contributed by atoms with Crippen LogP contribution in [0.5, 0.6) is 0 Å². The van der Waals surface area contributed by atoms with Crippen molar-refractivity contribution in [1.82, 2.24) is 4.90 Å². The highest BCUT2D eigenvalue weighted by atomic mass is 16.2. The standard InChI is InChI=1S/C16H11NO3/c1-10-6-2-3-7-11(10)14(18)17-15(19)12-8-4-5-9-13(12)16(17)20/h2-9H,1H3. The van der Waals surface area contributed by atoms with Gasteiger partial charge in [-0.1, -0.05) is 30.3 Å². The van der Waals surface area contributed by atoms with Gasteiger partial charge in [0.1, 0.15) is 0 Å². The Kier molecular flexibility index (Phi) is 2.71. The maximum Gasteiger partial charge on any atom is 0.268 e. The molecule has 1 aliphatic rings. The van der Waals surface area contributed by atoms with Gasteiger partial charge in [0.25, 0.3) is 17.7 Å². The Bertz CT molecular complexity index is 714. The third-order valence-electron chi connectivity index (χ3n) is 3.37. The fourth-order valence-electron chi connectivity index (χ4n) is 2.31. The maximum absolute atomic E-state index is 12.4. The highest BCUT2D eigenvalue weighted by Gasteiger charge is 2.40. The molecule has 1 aliphatic heterocycles. The van der Waals surface area contributed by atoms with Gasteiger partial charge in [0.2, 0.25) is 0 Å². The lowest BCUT2D eigenvalue weighted by Crippen LogP contribution is -2.36. The van der Waals surface area contributed by atoms with Crippen LogP contribution in [0.1, 0.15) is 36.6 Å². The Labute approximate surface area is 115 Å². The Morgan fingerprint density at radius 1 is 0.850 bits per heavy atom. The molecule has 3 amide bonds. The van der Waals surface area contributed by atoms with Crippen molar-refractivity contribution in [3.8, 4) is 0 Å². The summed E-state index contributed by atoms with van der Waals surface area (Å²) in [6.45, 7) is 1.77. The van der Waals surface area contributed by atoms with Crippen LogP contribution in [0.15, 0.2) is 48.5 Å². The second-order valence-corrected chi connectivity index (χ2v) is 4.61. The molecular weight excluding hydrogens is 254 g/mol. The van der Waals surface area contributed by atoms with Crippen LogP contribution in [0.4, 0.5) is 0 Å². The number of benzene rings is 2. The van der Waals surface area contributed by atoms with Gasteiger partial charge in [-0.2, -0.15) is 0 Å². The van der Waals surface area contributed by atoms with Crippen LogP contribution in [-0.2, 0) is 0 Å². The third-order valence-corrected chi connectivity index (χ3v) is 3.37. The summed E-state index contributed by atoms with van der Waals surface area (Å²) in [6, 6.07) is 13.3. The molecule has 0 N–H and O–H groups in total. The van der Waals surface area contributed by atoms with E-state index in [1.54, 1.807) is 55.5 Å². The van der Waals surface area contributed by atoms with Crippen molar-refractivity contribution >= 4 is 17.7 Å². The molecule has 0 aliphatic carbocycles. The average Bonchev–Trinajstić information content (AvgIpc) is 2.71. The Hall–Kier alpha value is -2.75. The van der Waals surface area contributed by atoms with Crippen LogP contribution in [0.25, 0.3) is 0 Å². The molecule has 20 heavy (non-hydrogen) atoms. The van der Waals surface area contributed by atoms with Crippen molar-refractivity contribution in [2.24, 2.45) is 0 Å². The summed E-state index contributed by atoms with van der Waals surface area (Å²) in [4.78, 5) is 37.6. The molecule has 4 heteroatoms. The zero-order valence-corrected chi connectivity index (χ0v) is 10.8. The largest absolute Gasteiger partial charge is 0.268 e. The van der Waals surface area contributed by atoms with Crippen molar-refractivity contribution in [2.75, 3.05) is 0 Å². The van der Waals surface area contributed by atoms with E-state index in [4.69, 9.17) is 0 Å². The topological polar surface area (TPSA) is 54.5 Å². The molecule has 0 spiro atoms. The number of rotatable bonds is 1. The van der Waals surface area contributed by atoms with Gasteiger partial charge < -0.3 is 0 Å². The first kappa shape index (κ1) is 12.3. The zero-order valence-electron chi connectivity index (χ0n) is 10.8. The number of hydrogen-bond acceptors (Lipinski definition) is 3. The van der Waals surface area contributed by atoms with E-state index in [1.165, 1.54) is 0 Å². The van der Waals surface area contributed by atoms with Gasteiger partial charge in [-0.25, -0.2) is 4.90 Å². The number of imide groups is 3. The minimum Gasteiger partial charge on any atom is -0.268 e. The highest BCUT2D eigenvalue weighted by Crippen LogP contribution is 2.24. The molecule has 0 saturated heterocycles. The lowest BCUT2D eigenvalue weighted by Gasteiger charge is -2.13. The molecule has 2 aromatic rings. The quantitative estimate of drug-likeness (QED) is 0.744. The van der Waals surface area contributed by atoms with Crippen molar-refractivity contribution < 1.29 is 14.4 Å². The molecule has 1 heterocycles. The number of hydrogen-bond donors (Lipinski definition) is 0. The molecule has 0 radical (unpaired) electrons. The van der Waals surface area contributed by atoms with Gasteiger partial charge in [-0.05, 0) is 30.7 Å². The van der Waals surface area contributed by atoms with E-state index in [0.717, 1.165) is 5.56 Å². The first-order chi connectivity index (χ1) is 9.61. The van der Waals surface area contributed by atoms with Crippen molar-refractivity contribution in [3.05, 3.63) is 70.8 Å². The van der Waals surface area contributed by atoms with Crippen LogP contribution in [0, 0.1) is 6.92 Å².